The molecule has 3 heterocycles. The molecule has 168 valence electrons. The number of nitrogens with zero attached hydrogens (tertiary/aromatic N) is 5. The van der Waals surface area contributed by atoms with Crippen molar-refractivity contribution in [3.05, 3.63) is 18.0 Å². The summed E-state index contributed by atoms with van der Waals surface area (Å²) in [7, 11) is 4.26. The second-order valence-corrected chi connectivity index (χ2v) is 10.2. The largest absolute Gasteiger partial charge is 0.354 e. The van der Waals surface area contributed by atoms with Crippen LogP contribution in [0, 0.1) is 18.3 Å². The van der Waals surface area contributed by atoms with E-state index in [2.05, 4.69) is 29.3 Å². The molecular formula is C23H32F2N6. The van der Waals surface area contributed by atoms with E-state index >= 15 is 0 Å². The van der Waals surface area contributed by atoms with Crippen molar-refractivity contribution in [1.29, 1.82) is 0 Å². The van der Waals surface area contributed by atoms with Gasteiger partial charge in [0, 0.05) is 49.4 Å². The van der Waals surface area contributed by atoms with Crippen LogP contribution in [0.4, 0.5) is 20.5 Å². The first kappa shape index (κ1) is 20.8. The second-order valence-electron chi connectivity index (χ2n) is 10.2. The van der Waals surface area contributed by atoms with E-state index in [9.17, 15) is 8.78 Å². The van der Waals surface area contributed by atoms with Crippen molar-refractivity contribution < 1.29 is 8.78 Å². The average molecular weight is 431 g/mol. The fraction of sp³-hybridized carbons (Fsp3) is 0.696. The third-order valence-electron chi connectivity index (χ3n) is 7.34. The molecule has 1 aliphatic heterocycles. The van der Waals surface area contributed by atoms with E-state index in [-0.39, 0.29) is 6.42 Å². The van der Waals surface area contributed by atoms with E-state index in [4.69, 9.17) is 9.97 Å². The molecule has 1 spiro atoms. The Bertz CT molecular complexity index is 972. The van der Waals surface area contributed by atoms with Crippen LogP contribution in [0.3, 0.4) is 0 Å². The molecule has 1 saturated heterocycles. The highest BCUT2D eigenvalue weighted by molar-refractivity contribution is 5.89. The number of pyridine rings is 1. The second kappa shape index (κ2) is 7.50. The Labute approximate surface area is 182 Å². The Morgan fingerprint density at radius 3 is 2.58 bits per heavy atom. The number of hydrogen-bond acceptors (Lipinski definition) is 6. The van der Waals surface area contributed by atoms with Crippen LogP contribution in [0.25, 0.3) is 10.9 Å². The molecule has 8 heteroatoms. The maximum atomic E-state index is 13.9. The van der Waals surface area contributed by atoms with Crippen LogP contribution < -0.4 is 10.2 Å². The molecule has 1 atom stereocenters. The highest BCUT2D eigenvalue weighted by Crippen LogP contribution is 2.65. The summed E-state index contributed by atoms with van der Waals surface area (Å²) >= 11 is 0. The van der Waals surface area contributed by atoms with Crippen LogP contribution in [0.15, 0.2) is 12.3 Å². The molecule has 0 aromatic carbocycles. The van der Waals surface area contributed by atoms with Crippen LogP contribution in [0.5, 0.6) is 0 Å². The van der Waals surface area contributed by atoms with Gasteiger partial charge in [-0.2, -0.15) is 0 Å². The van der Waals surface area contributed by atoms with Crippen molar-refractivity contribution in [2.24, 2.45) is 11.3 Å². The summed E-state index contributed by atoms with van der Waals surface area (Å²) in [5.41, 5.74) is 0.754. The Hall–Kier alpha value is -2.09. The number of nitrogens with one attached hydrogen (secondary N) is 1. The summed E-state index contributed by atoms with van der Waals surface area (Å²) in [5, 5.41) is 4.43. The lowest BCUT2D eigenvalue weighted by Crippen LogP contribution is -2.31. The van der Waals surface area contributed by atoms with Crippen LogP contribution in [0.2, 0.25) is 0 Å². The molecular weight excluding hydrogens is 398 g/mol. The lowest BCUT2D eigenvalue weighted by Gasteiger charge is -2.30. The Morgan fingerprint density at radius 2 is 1.94 bits per heavy atom. The minimum absolute atomic E-state index is 0.00145. The summed E-state index contributed by atoms with van der Waals surface area (Å²) in [6.07, 6.45) is 6.99. The first-order valence-corrected chi connectivity index (χ1v) is 11.4. The van der Waals surface area contributed by atoms with E-state index in [1.807, 2.05) is 24.1 Å². The van der Waals surface area contributed by atoms with Crippen molar-refractivity contribution in [3.63, 3.8) is 0 Å². The number of fused-ring (bicyclic) bond motifs is 1. The van der Waals surface area contributed by atoms with Gasteiger partial charge in [-0.15, -0.1) is 0 Å². The number of halogens is 2. The molecule has 0 radical (unpaired) electrons. The highest BCUT2D eigenvalue weighted by Gasteiger charge is 2.72. The number of hydrogen-bond donors (Lipinski definition) is 1. The molecule has 0 amide bonds. The first-order valence-electron chi connectivity index (χ1n) is 11.4. The molecule has 3 fully saturated rings. The van der Waals surface area contributed by atoms with E-state index in [1.165, 1.54) is 12.8 Å². The van der Waals surface area contributed by atoms with Crippen molar-refractivity contribution in [1.82, 2.24) is 19.9 Å². The third kappa shape index (κ3) is 3.95. The molecule has 1 N–H and O–H groups in total. The maximum absolute atomic E-state index is 13.9. The standard InChI is InChI=1S/C23H32F2N6/c1-15-10-17-11-26-21(28-18-6-4-16(5-7-18)12-30(2)3)29-19(17)20(27-15)31-9-8-22(14-31)13-23(22,24)25/h10-11,16,18H,4-9,12-14H2,1-3H3,(H,26,28,29). The van der Waals surface area contributed by atoms with Gasteiger partial charge in [-0.05, 0) is 65.1 Å². The number of rotatable bonds is 5. The smallest absolute Gasteiger partial charge is 0.256 e. The summed E-state index contributed by atoms with van der Waals surface area (Å²) in [6, 6.07) is 2.34. The fourth-order valence-electron chi connectivity index (χ4n) is 5.51. The molecule has 2 aliphatic carbocycles. The van der Waals surface area contributed by atoms with Gasteiger partial charge in [0.15, 0.2) is 5.82 Å². The number of aryl methyl sites for hydroxylation is 1. The van der Waals surface area contributed by atoms with Crippen LogP contribution in [-0.4, -0.2) is 65.5 Å². The quantitative estimate of drug-likeness (QED) is 0.771. The maximum Gasteiger partial charge on any atom is 0.256 e. The normalized spacial score (nSPS) is 29.8. The van der Waals surface area contributed by atoms with E-state index in [0.29, 0.717) is 31.5 Å². The average Bonchev–Trinajstić information content (AvgIpc) is 3.03. The van der Waals surface area contributed by atoms with Gasteiger partial charge in [-0.3, -0.25) is 0 Å². The minimum atomic E-state index is -2.53. The van der Waals surface area contributed by atoms with Gasteiger partial charge in [0.2, 0.25) is 5.95 Å². The molecule has 31 heavy (non-hydrogen) atoms. The predicted molar refractivity (Wildman–Crippen MR) is 119 cm³/mol. The highest BCUT2D eigenvalue weighted by atomic mass is 19.3. The van der Waals surface area contributed by atoms with Gasteiger partial charge in [-0.1, -0.05) is 0 Å². The molecule has 1 unspecified atom stereocenters. The van der Waals surface area contributed by atoms with Crippen molar-refractivity contribution >= 4 is 22.7 Å². The summed E-state index contributed by atoms with van der Waals surface area (Å²) in [5.74, 6) is -0.447. The number of anilines is 2. The molecule has 6 nitrogen and oxygen atoms in total. The molecule has 2 saturated carbocycles. The SMILES string of the molecule is Cc1cc2cnc(NC3CCC(CN(C)C)CC3)nc2c(N2CCC3(C2)CC3(F)F)n1. The Morgan fingerprint density at radius 1 is 1.19 bits per heavy atom. The van der Waals surface area contributed by atoms with Crippen LogP contribution in [-0.2, 0) is 0 Å². The van der Waals surface area contributed by atoms with Crippen molar-refractivity contribution in [3.8, 4) is 0 Å². The molecule has 2 aromatic rings. The summed E-state index contributed by atoms with van der Waals surface area (Å²) in [6.45, 7) is 4.03. The van der Waals surface area contributed by atoms with E-state index < -0.39 is 11.3 Å². The fourth-order valence-corrected chi connectivity index (χ4v) is 5.51. The number of aromatic nitrogens is 3. The van der Waals surface area contributed by atoms with Crippen molar-refractivity contribution in [2.75, 3.05) is 43.9 Å². The van der Waals surface area contributed by atoms with Gasteiger partial charge in [0.25, 0.3) is 5.92 Å². The molecule has 3 aliphatic rings. The zero-order valence-corrected chi connectivity index (χ0v) is 18.7. The lowest BCUT2D eigenvalue weighted by atomic mass is 9.86. The Balaban J connectivity index is 1.34. The van der Waals surface area contributed by atoms with Crippen LogP contribution >= 0.6 is 0 Å². The van der Waals surface area contributed by atoms with Gasteiger partial charge in [0.1, 0.15) is 5.52 Å². The number of alkyl halides is 2. The third-order valence-corrected chi connectivity index (χ3v) is 7.34. The monoisotopic (exact) mass is 430 g/mol. The van der Waals surface area contributed by atoms with Gasteiger partial charge >= 0.3 is 0 Å². The zero-order chi connectivity index (χ0) is 21.8. The van der Waals surface area contributed by atoms with Crippen molar-refractivity contribution in [2.45, 2.75) is 57.4 Å². The molecule has 0 bridgehead atoms. The van der Waals surface area contributed by atoms with E-state index in [0.717, 1.165) is 47.7 Å². The van der Waals surface area contributed by atoms with Gasteiger partial charge in [0.05, 0.1) is 5.41 Å². The van der Waals surface area contributed by atoms with E-state index in [1.54, 1.807) is 0 Å². The van der Waals surface area contributed by atoms with Gasteiger partial charge in [-0.25, -0.2) is 23.7 Å². The topological polar surface area (TPSA) is 57.2 Å². The zero-order valence-electron chi connectivity index (χ0n) is 18.7. The van der Waals surface area contributed by atoms with Crippen LogP contribution in [0.1, 0.15) is 44.2 Å². The minimum Gasteiger partial charge on any atom is -0.354 e. The first-order chi connectivity index (χ1) is 14.7. The summed E-state index contributed by atoms with van der Waals surface area (Å²) in [4.78, 5) is 18.3. The van der Waals surface area contributed by atoms with Gasteiger partial charge < -0.3 is 15.1 Å². The molecule has 5 rings (SSSR count). The predicted octanol–water partition coefficient (Wildman–Crippen LogP) is 4.10. The lowest BCUT2D eigenvalue weighted by molar-refractivity contribution is 0.0711. The Kier molecular flexibility index (Phi) is 5.03. The molecule has 2 aromatic heterocycles. The summed E-state index contributed by atoms with van der Waals surface area (Å²) < 4.78 is 27.8.